The van der Waals surface area contributed by atoms with Gasteiger partial charge in [-0.3, -0.25) is 4.79 Å². The Morgan fingerprint density at radius 1 is 1.23 bits per heavy atom. The van der Waals surface area contributed by atoms with E-state index in [-0.39, 0.29) is 16.7 Å². The van der Waals surface area contributed by atoms with Gasteiger partial charge in [0.2, 0.25) is 5.91 Å². The van der Waals surface area contributed by atoms with E-state index in [4.69, 9.17) is 5.73 Å². The largest absolute Gasteiger partial charge is 0.369 e. The maximum Gasteiger partial charge on any atom is 0.225 e. The SMILES string of the molecule is CC1CC2CC1C1C3C=CC(c4ccccc4)(C3)C21C(N)=O. The number of hydrogen-bond acceptors (Lipinski definition) is 1. The summed E-state index contributed by atoms with van der Waals surface area (Å²) in [5.74, 6) is 2.91. The Hall–Kier alpha value is -1.57. The molecule has 4 bridgehead atoms. The van der Waals surface area contributed by atoms with Crippen molar-refractivity contribution in [3.63, 3.8) is 0 Å². The first-order valence-corrected chi connectivity index (χ1v) is 8.66. The van der Waals surface area contributed by atoms with Crippen molar-refractivity contribution in [2.45, 2.75) is 31.6 Å². The lowest BCUT2D eigenvalue weighted by Gasteiger charge is -2.50. The van der Waals surface area contributed by atoms with Gasteiger partial charge in [-0.25, -0.2) is 0 Å². The Kier molecular flexibility index (Phi) is 2.26. The van der Waals surface area contributed by atoms with Crippen molar-refractivity contribution in [1.29, 1.82) is 0 Å². The summed E-state index contributed by atoms with van der Waals surface area (Å²) in [6.07, 6.45) is 8.22. The highest BCUT2D eigenvalue weighted by atomic mass is 16.1. The molecule has 0 aromatic heterocycles. The van der Waals surface area contributed by atoms with Crippen LogP contribution in [0.4, 0.5) is 0 Å². The highest BCUT2D eigenvalue weighted by molar-refractivity contribution is 5.87. The number of allylic oxidation sites excluding steroid dienone is 2. The molecule has 3 fully saturated rings. The first-order valence-electron chi connectivity index (χ1n) is 8.66. The third-order valence-electron chi connectivity index (χ3n) is 7.66. The summed E-state index contributed by atoms with van der Waals surface area (Å²) in [5, 5.41) is 0. The Labute approximate surface area is 131 Å². The molecule has 3 saturated carbocycles. The third kappa shape index (κ3) is 1.13. The van der Waals surface area contributed by atoms with Crippen LogP contribution in [0.1, 0.15) is 31.7 Å². The molecule has 2 heteroatoms. The van der Waals surface area contributed by atoms with Crippen LogP contribution in [-0.2, 0) is 10.2 Å². The van der Waals surface area contributed by atoms with Gasteiger partial charge in [-0.05, 0) is 54.4 Å². The van der Waals surface area contributed by atoms with Gasteiger partial charge in [-0.1, -0.05) is 49.4 Å². The maximum absolute atomic E-state index is 12.9. The fraction of sp³-hybridized carbons (Fsp3) is 0.550. The minimum Gasteiger partial charge on any atom is -0.369 e. The van der Waals surface area contributed by atoms with Crippen molar-refractivity contribution >= 4 is 5.91 Å². The second-order valence-corrected chi connectivity index (χ2v) is 8.13. The molecule has 7 atom stereocenters. The first-order chi connectivity index (χ1) is 10.6. The molecule has 2 nitrogen and oxygen atoms in total. The van der Waals surface area contributed by atoms with Gasteiger partial charge >= 0.3 is 0 Å². The van der Waals surface area contributed by atoms with Crippen molar-refractivity contribution in [2.75, 3.05) is 0 Å². The topological polar surface area (TPSA) is 43.1 Å². The average molecular weight is 293 g/mol. The van der Waals surface area contributed by atoms with Gasteiger partial charge in [0.15, 0.2) is 0 Å². The zero-order valence-electron chi connectivity index (χ0n) is 13.0. The number of rotatable bonds is 2. The van der Waals surface area contributed by atoms with Crippen molar-refractivity contribution < 1.29 is 4.79 Å². The second-order valence-electron chi connectivity index (χ2n) is 8.13. The van der Waals surface area contributed by atoms with Gasteiger partial charge in [-0.15, -0.1) is 0 Å². The smallest absolute Gasteiger partial charge is 0.225 e. The highest BCUT2D eigenvalue weighted by Crippen LogP contribution is 2.77. The molecule has 4 aliphatic carbocycles. The van der Waals surface area contributed by atoms with Gasteiger partial charge in [0, 0.05) is 5.41 Å². The molecular weight excluding hydrogens is 270 g/mol. The molecular formula is C20H23NO. The molecule has 1 aromatic carbocycles. The summed E-state index contributed by atoms with van der Waals surface area (Å²) in [7, 11) is 0. The van der Waals surface area contributed by atoms with Crippen LogP contribution in [-0.4, -0.2) is 5.91 Å². The van der Waals surface area contributed by atoms with E-state index < -0.39 is 0 Å². The minimum absolute atomic E-state index is 0.0346. The van der Waals surface area contributed by atoms with Gasteiger partial charge in [-0.2, -0.15) is 0 Å². The number of amides is 1. The van der Waals surface area contributed by atoms with Crippen LogP contribution in [0.5, 0.6) is 0 Å². The number of nitrogens with two attached hydrogens (primary N) is 1. The van der Waals surface area contributed by atoms with Gasteiger partial charge in [0.25, 0.3) is 0 Å². The normalized spacial score (nSPS) is 50.5. The molecule has 1 amide bonds. The number of carbonyl (C=O) groups excluding carboxylic acids is 1. The van der Waals surface area contributed by atoms with Crippen molar-refractivity contribution in [1.82, 2.24) is 0 Å². The number of benzene rings is 1. The average Bonchev–Trinajstić information content (AvgIpc) is 3.24. The molecule has 2 N–H and O–H groups in total. The zero-order chi connectivity index (χ0) is 15.1. The van der Waals surface area contributed by atoms with E-state index in [1.54, 1.807) is 0 Å². The van der Waals surface area contributed by atoms with E-state index in [0.29, 0.717) is 23.7 Å². The number of fused-ring (bicyclic) bond motifs is 9. The predicted molar refractivity (Wildman–Crippen MR) is 85.9 cm³/mol. The van der Waals surface area contributed by atoms with E-state index in [1.807, 2.05) is 0 Å². The molecule has 1 aromatic rings. The number of hydrogen-bond donors (Lipinski definition) is 1. The van der Waals surface area contributed by atoms with E-state index in [2.05, 4.69) is 49.4 Å². The lowest BCUT2D eigenvalue weighted by molar-refractivity contribution is -0.138. The maximum atomic E-state index is 12.9. The van der Waals surface area contributed by atoms with E-state index in [9.17, 15) is 4.79 Å². The monoisotopic (exact) mass is 293 g/mol. The Bertz CT molecular complexity index is 680. The first kappa shape index (κ1) is 12.9. The van der Waals surface area contributed by atoms with Crippen LogP contribution in [0.15, 0.2) is 42.5 Å². The predicted octanol–water partition coefficient (Wildman–Crippen LogP) is 3.28. The summed E-state index contributed by atoms with van der Waals surface area (Å²) >= 11 is 0. The summed E-state index contributed by atoms with van der Waals surface area (Å²) < 4.78 is 0. The quantitative estimate of drug-likeness (QED) is 0.660. The lowest BCUT2D eigenvalue weighted by Crippen LogP contribution is -2.57. The lowest BCUT2D eigenvalue weighted by atomic mass is 9.51. The fourth-order valence-corrected chi connectivity index (χ4v) is 7.20. The third-order valence-corrected chi connectivity index (χ3v) is 7.66. The van der Waals surface area contributed by atoms with Gasteiger partial charge < -0.3 is 5.73 Å². The van der Waals surface area contributed by atoms with Crippen LogP contribution in [0.3, 0.4) is 0 Å². The number of primary amides is 1. The summed E-state index contributed by atoms with van der Waals surface area (Å²) in [4.78, 5) is 12.9. The second kappa shape index (κ2) is 3.84. The molecule has 0 saturated heterocycles. The molecule has 7 unspecified atom stereocenters. The van der Waals surface area contributed by atoms with Gasteiger partial charge in [0.05, 0.1) is 5.41 Å². The van der Waals surface area contributed by atoms with Crippen LogP contribution in [0.2, 0.25) is 0 Å². The summed E-state index contributed by atoms with van der Waals surface area (Å²) in [5.41, 5.74) is 6.97. The molecule has 22 heavy (non-hydrogen) atoms. The molecule has 5 rings (SSSR count). The van der Waals surface area contributed by atoms with Crippen molar-refractivity contribution in [2.24, 2.45) is 40.7 Å². The van der Waals surface area contributed by atoms with E-state index >= 15 is 0 Å². The standard InChI is InChI=1S/C20H23NO/c1-12-9-15-10-16(12)17-13-7-8-19(11-13,20(15,17)18(21)22)14-5-3-2-4-6-14/h2-8,12-13,15-17H,9-11H2,1H3,(H2,21,22). The Balaban J connectivity index is 1.77. The van der Waals surface area contributed by atoms with Crippen molar-refractivity contribution in [3.05, 3.63) is 48.0 Å². The van der Waals surface area contributed by atoms with Crippen LogP contribution >= 0.6 is 0 Å². The molecule has 0 heterocycles. The molecule has 0 aliphatic heterocycles. The van der Waals surface area contributed by atoms with Crippen LogP contribution in [0, 0.1) is 35.0 Å². The minimum atomic E-state index is -0.328. The van der Waals surface area contributed by atoms with E-state index in [0.717, 1.165) is 12.3 Å². The van der Waals surface area contributed by atoms with Crippen molar-refractivity contribution in [3.8, 4) is 0 Å². The molecule has 0 radical (unpaired) electrons. The fourth-order valence-electron chi connectivity index (χ4n) is 7.20. The summed E-state index contributed by atoms with van der Waals surface area (Å²) in [6, 6.07) is 10.7. The Morgan fingerprint density at radius 2 is 2.00 bits per heavy atom. The highest BCUT2D eigenvalue weighted by Gasteiger charge is 2.77. The zero-order valence-corrected chi connectivity index (χ0v) is 13.0. The van der Waals surface area contributed by atoms with E-state index in [1.165, 1.54) is 18.4 Å². The van der Waals surface area contributed by atoms with Crippen LogP contribution in [0.25, 0.3) is 0 Å². The number of carbonyl (C=O) groups is 1. The summed E-state index contributed by atoms with van der Waals surface area (Å²) in [6.45, 7) is 2.38. The molecule has 0 spiro atoms. The molecule has 4 aliphatic rings. The molecule has 114 valence electrons. The Morgan fingerprint density at radius 3 is 2.73 bits per heavy atom. The van der Waals surface area contributed by atoms with Gasteiger partial charge in [0.1, 0.15) is 0 Å². The van der Waals surface area contributed by atoms with Crippen LogP contribution < -0.4 is 5.73 Å².